The van der Waals surface area contributed by atoms with Crippen molar-refractivity contribution in [3.8, 4) is 17.0 Å². The fourth-order valence-corrected chi connectivity index (χ4v) is 9.86. The summed E-state index contributed by atoms with van der Waals surface area (Å²) in [7, 11) is 0. The summed E-state index contributed by atoms with van der Waals surface area (Å²) in [5.74, 6) is 1.66. The topological polar surface area (TPSA) is 180 Å². The quantitative estimate of drug-likeness (QED) is 0.243. The van der Waals surface area contributed by atoms with Gasteiger partial charge in [0.15, 0.2) is 5.82 Å². The van der Waals surface area contributed by atoms with E-state index < -0.39 is 29.7 Å². The molecule has 1 saturated carbocycles. The second-order valence-corrected chi connectivity index (χ2v) is 16.0. The first-order valence-electron chi connectivity index (χ1n) is 19.4. The minimum Gasteiger partial charge on any atom is -0.507 e. The highest BCUT2D eigenvalue weighted by Gasteiger charge is 2.56. The van der Waals surface area contributed by atoms with Gasteiger partial charge < -0.3 is 25.1 Å². The van der Waals surface area contributed by atoms with Gasteiger partial charge >= 0.3 is 0 Å². The molecule has 0 spiro atoms. The average molecular weight is 754 g/mol. The molecule has 5 atom stereocenters. The molecule has 2 aromatic carbocycles. The Kier molecular flexibility index (Phi) is 7.37. The van der Waals surface area contributed by atoms with E-state index in [2.05, 4.69) is 40.4 Å². The number of nitrogens with zero attached hydrogens (tertiary/aromatic N) is 9. The van der Waals surface area contributed by atoms with E-state index in [1.165, 1.54) is 0 Å². The number of anilines is 4. The van der Waals surface area contributed by atoms with Crippen LogP contribution in [0.2, 0.25) is 0 Å². The molecule has 1 aliphatic carbocycles. The molecular weight excluding hydrogens is 715 g/mol. The van der Waals surface area contributed by atoms with E-state index >= 15 is 0 Å². The first kappa shape index (κ1) is 33.2. The number of hydrogen-bond donors (Lipinski definition) is 3. The van der Waals surface area contributed by atoms with E-state index in [1.54, 1.807) is 24.3 Å². The number of hydrogen-bond acceptors (Lipinski definition) is 14. The lowest BCUT2D eigenvalue weighted by Crippen LogP contribution is -2.58. The summed E-state index contributed by atoms with van der Waals surface area (Å²) in [5, 5.41) is 25.0. The Morgan fingerprint density at radius 1 is 0.857 bits per heavy atom. The number of para-hydroxylation sites is 1. The highest BCUT2D eigenvalue weighted by Crippen LogP contribution is 2.53. The second-order valence-electron chi connectivity index (χ2n) is 16.0. The molecule has 16 heteroatoms. The van der Waals surface area contributed by atoms with Crippen LogP contribution >= 0.6 is 0 Å². The summed E-state index contributed by atoms with van der Waals surface area (Å²) in [5.41, 5.74) is 5.71. The predicted molar refractivity (Wildman–Crippen MR) is 203 cm³/mol. The average Bonchev–Trinajstić information content (AvgIpc) is 3.53. The van der Waals surface area contributed by atoms with Crippen LogP contribution in [0.1, 0.15) is 44.8 Å². The Balaban J connectivity index is 0.704. The largest absolute Gasteiger partial charge is 0.507 e. The fraction of sp³-hybridized carbons (Fsp3) is 0.400. The van der Waals surface area contributed by atoms with Crippen LogP contribution < -0.4 is 25.3 Å². The number of piperazine rings is 1. The van der Waals surface area contributed by atoms with Crippen LogP contribution in [-0.2, 0) is 22.7 Å². The van der Waals surface area contributed by atoms with Crippen LogP contribution in [-0.4, -0.2) is 117 Å². The van der Waals surface area contributed by atoms with Gasteiger partial charge in [-0.05, 0) is 60.6 Å². The molecule has 7 aliphatic rings. The molecule has 1 unspecified atom stereocenters. The van der Waals surface area contributed by atoms with Crippen LogP contribution in [0, 0.1) is 17.8 Å². The van der Waals surface area contributed by atoms with Crippen molar-refractivity contribution in [1.29, 1.82) is 0 Å². The lowest BCUT2D eigenvalue weighted by molar-refractivity contribution is -0.136. The Morgan fingerprint density at radius 2 is 1.70 bits per heavy atom. The number of rotatable bonds is 6. The molecule has 4 amide bonds. The second kappa shape index (κ2) is 12.4. The maximum Gasteiger partial charge on any atom is 0.262 e. The van der Waals surface area contributed by atoms with E-state index in [4.69, 9.17) is 9.97 Å². The minimum atomic E-state index is -0.993. The van der Waals surface area contributed by atoms with Crippen molar-refractivity contribution in [3.05, 3.63) is 77.1 Å². The van der Waals surface area contributed by atoms with Gasteiger partial charge in [0.05, 0.1) is 40.8 Å². The van der Waals surface area contributed by atoms with E-state index in [-0.39, 0.29) is 29.7 Å². The molecule has 4 fully saturated rings. The van der Waals surface area contributed by atoms with E-state index in [0.29, 0.717) is 48.1 Å². The van der Waals surface area contributed by atoms with E-state index in [0.717, 1.165) is 85.1 Å². The van der Waals surface area contributed by atoms with Gasteiger partial charge in [-0.15, -0.1) is 10.2 Å². The number of aromatic nitrogens is 4. The SMILES string of the molecule is O=C1CCC(N2C(=O)c3ccc(N4Cc5cnc(N6C[C@@H]7[C@@H](CN8CCN9c%10cc(-c%11ccccc%11O)nnc%10NC[C@H]9C8)[C@@H]7C6)nc5C4)cc3C2=O)C(=O)N1. The number of phenols is 1. The summed E-state index contributed by atoms with van der Waals surface area (Å²) in [4.78, 5) is 71.0. The number of piperidine rings is 2. The smallest absolute Gasteiger partial charge is 0.262 e. The Labute approximate surface area is 321 Å². The molecule has 16 nitrogen and oxygen atoms in total. The molecule has 11 rings (SSSR count). The Hall–Kier alpha value is -6.16. The van der Waals surface area contributed by atoms with Crippen molar-refractivity contribution in [2.75, 3.05) is 65.8 Å². The number of carbonyl (C=O) groups excluding carboxylic acids is 4. The Bertz CT molecular complexity index is 2360. The van der Waals surface area contributed by atoms with Crippen molar-refractivity contribution in [2.45, 2.75) is 38.0 Å². The lowest BCUT2D eigenvalue weighted by atomic mass is 10.0. The molecule has 0 bridgehead atoms. The first-order chi connectivity index (χ1) is 27.3. The van der Waals surface area contributed by atoms with Gasteiger partial charge in [-0.25, -0.2) is 9.97 Å². The summed E-state index contributed by atoms with van der Waals surface area (Å²) < 4.78 is 0. The van der Waals surface area contributed by atoms with E-state index in [1.807, 2.05) is 30.5 Å². The molecular formula is C40H39N11O5. The number of imide groups is 2. The normalized spacial score (nSPS) is 26.4. The monoisotopic (exact) mass is 753 g/mol. The third-order valence-electron chi connectivity index (χ3n) is 12.9. The lowest BCUT2D eigenvalue weighted by Gasteiger charge is -2.46. The fourth-order valence-electron chi connectivity index (χ4n) is 9.86. The number of amides is 4. The first-order valence-corrected chi connectivity index (χ1v) is 19.4. The molecule has 4 aromatic rings. The van der Waals surface area contributed by atoms with Gasteiger partial charge in [0.25, 0.3) is 11.8 Å². The van der Waals surface area contributed by atoms with Crippen LogP contribution in [0.5, 0.6) is 5.75 Å². The summed E-state index contributed by atoms with van der Waals surface area (Å²) >= 11 is 0. The molecule has 6 aliphatic heterocycles. The molecule has 56 heavy (non-hydrogen) atoms. The number of benzene rings is 2. The summed E-state index contributed by atoms with van der Waals surface area (Å²) in [6.07, 6.45) is 2.12. The number of phenolic OH excluding ortho intramolecular Hbond substituents is 1. The van der Waals surface area contributed by atoms with Gasteiger partial charge in [0, 0.05) is 81.8 Å². The number of nitrogens with one attached hydrogen (secondary N) is 2. The maximum atomic E-state index is 13.4. The van der Waals surface area contributed by atoms with Gasteiger partial charge in [-0.3, -0.25) is 34.3 Å². The van der Waals surface area contributed by atoms with Gasteiger partial charge in [0.2, 0.25) is 17.8 Å². The minimum absolute atomic E-state index is 0.0816. The van der Waals surface area contributed by atoms with Crippen molar-refractivity contribution in [3.63, 3.8) is 0 Å². The highest BCUT2D eigenvalue weighted by molar-refractivity contribution is 6.23. The summed E-state index contributed by atoms with van der Waals surface area (Å²) in [6, 6.07) is 13.8. The number of aromatic hydroxyl groups is 1. The summed E-state index contributed by atoms with van der Waals surface area (Å²) in [6.45, 7) is 7.85. The maximum absolute atomic E-state index is 13.4. The Morgan fingerprint density at radius 3 is 2.54 bits per heavy atom. The van der Waals surface area contributed by atoms with Gasteiger partial charge in [-0.2, -0.15) is 0 Å². The van der Waals surface area contributed by atoms with Crippen LogP contribution in [0.15, 0.2) is 54.7 Å². The van der Waals surface area contributed by atoms with Crippen LogP contribution in [0.25, 0.3) is 11.3 Å². The molecule has 3 saturated heterocycles. The standard InChI is InChI=1S/C40H39N11O5/c52-34-4-2-1-3-25(34)30-12-33-36(46-45-30)41-14-23-16-47(9-10-50(23)33)17-27-28-18-49(19-29(27)28)40-42-13-21-15-48(20-31(21)43-40)22-5-6-24-26(11-22)39(56)51(38(24)55)32-7-8-35(53)44-37(32)54/h1-6,11-13,23,27-29,32,52H,7-10,14-20H2,(H,41,46)(H,44,53,54)/t23-,27-,28-,29+,32?/m0/s1. The molecule has 8 heterocycles. The molecule has 284 valence electrons. The predicted octanol–water partition coefficient (Wildman–Crippen LogP) is 1.86. The third kappa shape index (κ3) is 5.29. The molecule has 0 radical (unpaired) electrons. The molecule has 3 N–H and O–H groups in total. The van der Waals surface area contributed by atoms with Gasteiger partial charge in [-0.1, -0.05) is 12.1 Å². The van der Waals surface area contributed by atoms with E-state index in [9.17, 15) is 24.3 Å². The molecule has 2 aromatic heterocycles. The van der Waals surface area contributed by atoms with Crippen molar-refractivity contribution < 1.29 is 24.3 Å². The number of carbonyl (C=O) groups is 4. The van der Waals surface area contributed by atoms with Crippen molar-refractivity contribution in [1.82, 2.24) is 35.3 Å². The number of fused-ring (bicyclic) bond motifs is 6. The zero-order valence-corrected chi connectivity index (χ0v) is 30.5. The van der Waals surface area contributed by atoms with Crippen molar-refractivity contribution in [2.24, 2.45) is 17.8 Å². The van der Waals surface area contributed by atoms with Gasteiger partial charge in [0.1, 0.15) is 11.8 Å². The van der Waals surface area contributed by atoms with Crippen molar-refractivity contribution >= 4 is 46.8 Å². The third-order valence-corrected chi connectivity index (χ3v) is 12.9. The highest BCUT2D eigenvalue weighted by atomic mass is 16.3. The van der Waals surface area contributed by atoms with Crippen LogP contribution in [0.4, 0.5) is 23.1 Å². The zero-order valence-electron chi connectivity index (χ0n) is 30.5. The zero-order chi connectivity index (χ0) is 37.8. The van der Waals surface area contributed by atoms with Crippen LogP contribution in [0.3, 0.4) is 0 Å².